The smallest absolute Gasteiger partial charge is 0.309 e. The molecular formula is C12H19N3O2S. The molecule has 0 saturated carbocycles. The predicted molar refractivity (Wildman–Crippen MR) is 72.9 cm³/mol. The fourth-order valence-electron chi connectivity index (χ4n) is 2.32. The van der Waals surface area contributed by atoms with Crippen LogP contribution in [0, 0.1) is 10.1 Å². The van der Waals surface area contributed by atoms with Gasteiger partial charge in [0.05, 0.1) is 4.92 Å². The Bertz CT molecular complexity index is 408. The van der Waals surface area contributed by atoms with Crippen LogP contribution in [0.15, 0.2) is 11.4 Å². The Morgan fingerprint density at radius 2 is 2.50 bits per heavy atom. The molecule has 1 fully saturated rings. The van der Waals surface area contributed by atoms with Crippen molar-refractivity contribution < 1.29 is 4.92 Å². The zero-order chi connectivity index (χ0) is 13.0. The van der Waals surface area contributed by atoms with E-state index in [0.29, 0.717) is 6.04 Å². The van der Waals surface area contributed by atoms with Crippen molar-refractivity contribution in [3.8, 4) is 0 Å². The van der Waals surface area contributed by atoms with Crippen molar-refractivity contribution in [3.63, 3.8) is 0 Å². The molecule has 1 unspecified atom stereocenters. The average Bonchev–Trinajstić information content (AvgIpc) is 2.85. The van der Waals surface area contributed by atoms with E-state index >= 15 is 0 Å². The Morgan fingerprint density at radius 3 is 3.17 bits per heavy atom. The quantitative estimate of drug-likeness (QED) is 0.658. The summed E-state index contributed by atoms with van der Waals surface area (Å²) in [6, 6.07) is 2.18. The van der Waals surface area contributed by atoms with Gasteiger partial charge in [0, 0.05) is 30.6 Å². The van der Waals surface area contributed by atoms with E-state index in [9.17, 15) is 10.1 Å². The summed E-state index contributed by atoms with van der Waals surface area (Å²) in [5.41, 5.74) is 1.01. The number of nitrogens with zero attached hydrogens (tertiary/aromatic N) is 2. The van der Waals surface area contributed by atoms with Crippen LogP contribution in [0.3, 0.4) is 0 Å². The van der Waals surface area contributed by atoms with Crippen molar-refractivity contribution in [1.82, 2.24) is 10.2 Å². The lowest BCUT2D eigenvalue weighted by Crippen LogP contribution is -2.45. The summed E-state index contributed by atoms with van der Waals surface area (Å²) in [6.45, 7) is 6.29. The minimum atomic E-state index is -0.326. The second kappa shape index (κ2) is 6.26. The van der Waals surface area contributed by atoms with Gasteiger partial charge in [0.25, 0.3) is 0 Å². The highest BCUT2D eigenvalue weighted by Gasteiger charge is 2.18. The average molecular weight is 269 g/mol. The molecule has 0 bridgehead atoms. The lowest BCUT2D eigenvalue weighted by Gasteiger charge is -2.32. The molecule has 1 N–H and O–H groups in total. The van der Waals surface area contributed by atoms with E-state index < -0.39 is 0 Å². The van der Waals surface area contributed by atoms with Gasteiger partial charge in [-0.3, -0.25) is 10.1 Å². The van der Waals surface area contributed by atoms with Gasteiger partial charge in [-0.1, -0.05) is 18.3 Å². The Hall–Kier alpha value is -0.980. The summed E-state index contributed by atoms with van der Waals surface area (Å²) in [4.78, 5) is 12.7. The molecule has 0 amide bonds. The fraction of sp³-hybridized carbons (Fsp3) is 0.667. The Morgan fingerprint density at radius 1 is 1.67 bits per heavy atom. The van der Waals surface area contributed by atoms with Crippen LogP contribution in [-0.4, -0.2) is 35.5 Å². The number of hydrogen-bond donors (Lipinski definition) is 1. The number of nitrogens with one attached hydrogen (secondary N) is 1. The zero-order valence-electron chi connectivity index (χ0n) is 10.6. The number of likely N-dealkylation sites (tertiary alicyclic amines) is 1. The first-order chi connectivity index (χ1) is 8.69. The zero-order valence-corrected chi connectivity index (χ0v) is 11.4. The molecule has 100 valence electrons. The molecule has 0 spiro atoms. The van der Waals surface area contributed by atoms with E-state index in [2.05, 4.69) is 17.1 Å². The van der Waals surface area contributed by atoms with Crippen LogP contribution in [0.5, 0.6) is 0 Å². The first-order valence-electron chi connectivity index (χ1n) is 6.36. The summed E-state index contributed by atoms with van der Waals surface area (Å²) in [6.07, 6.45) is 2.43. The molecule has 1 saturated heterocycles. The van der Waals surface area contributed by atoms with Gasteiger partial charge in [0.15, 0.2) is 0 Å². The number of thiophene rings is 1. The second-order valence-corrected chi connectivity index (χ2v) is 5.55. The summed E-state index contributed by atoms with van der Waals surface area (Å²) < 4.78 is 0. The molecule has 0 radical (unpaired) electrons. The molecule has 18 heavy (non-hydrogen) atoms. The fourth-order valence-corrected chi connectivity index (χ4v) is 3.05. The van der Waals surface area contributed by atoms with Crippen LogP contribution in [0.1, 0.15) is 25.3 Å². The number of piperidine rings is 1. The van der Waals surface area contributed by atoms with Crippen molar-refractivity contribution >= 4 is 16.3 Å². The van der Waals surface area contributed by atoms with Crippen LogP contribution >= 0.6 is 11.3 Å². The van der Waals surface area contributed by atoms with Crippen molar-refractivity contribution in [2.24, 2.45) is 0 Å². The monoisotopic (exact) mass is 269 g/mol. The van der Waals surface area contributed by atoms with Gasteiger partial charge < -0.3 is 10.2 Å². The molecule has 1 aromatic heterocycles. The molecule has 2 heterocycles. The van der Waals surface area contributed by atoms with Gasteiger partial charge in [-0.15, -0.1) is 0 Å². The number of likely N-dealkylation sites (N-methyl/N-ethyl adjacent to an activating group) is 1. The third-order valence-corrected chi connectivity index (χ3v) is 4.30. The highest BCUT2D eigenvalue weighted by Crippen LogP contribution is 2.22. The SMILES string of the molecule is CCN1CCCC(NCc2csc([N+](=O)[O-])c2)C1. The first-order valence-corrected chi connectivity index (χ1v) is 7.24. The minimum Gasteiger partial charge on any atom is -0.309 e. The van der Waals surface area contributed by atoms with E-state index in [1.54, 1.807) is 6.07 Å². The van der Waals surface area contributed by atoms with Crippen molar-refractivity contribution in [3.05, 3.63) is 27.1 Å². The van der Waals surface area contributed by atoms with E-state index in [1.165, 1.54) is 30.7 Å². The largest absolute Gasteiger partial charge is 0.324 e. The lowest BCUT2D eigenvalue weighted by molar-refractivity contribution is -0.380. The van der Waals surface area contributed by atoms with Crippen molar-refractivity contribution in [2.75, 3.05) is 19.6 Å². The molecule has 0 aromatic carbocycles. The Balaban J connectivity index is 1.81. The van der Waals surface area contributed by atoms with E-state index in [-0.39, 0.29) is 9.92 Å². The minimum absolute atomic E-state index is 0.227. The van der Waals surface area contributed by atoms with Gasteiger partial charge in [0.1, 0.15) is 0 Å². The number of nitro groups is 1. The third-order valence-electron chi connectivity index (χ3n) is 3.37. The van der Waals surface area contributed by atoms with Crippen molar-refractivity contribution in [1.29, 1.82) is 0 Å². The molecule has 1 aliphatic heterocycles. The Labute approximate surface area is 111 Å². The standard InChI is InChI=1S/C12H19N3O2S/c1-2-14-5-3-4-11(8-14)13-7-10-6-12(15(16)17)18-9-10/h6,9,11,13H,2-5,7-8H2,1H3. The molecule has 1 atom stereocenters. The topological polar surface area (TPSA) is 58.4 Å². The van der Waals surface area contributed by atoms with Crippen LogP contribution in [0.4, 0.5) is 5.00 Å². The third kappa shape index (κ3) is 3.51. The molecule has 5 nitrogen and oxygen atoms in total. The van der Waals surface area contributed by atoms with Gasteiger partial charge >= 0.3 is 5.00 Å². The summed E-state index contributed by atoms with van der Waals surface area (Å²) >= 11 is 1.20. The van der Waals surface area contributed by atoms with Gasteiger partial charge in [-0.2, -0.15) is 0 Å². The van der Waals surface area contributed by atoms with Crippen LogP contribution in [0.25, 0.3) is 0 Å². The normalized spacial score (nSPS) is 21.1. The van der Waals surface area contributed by atoms with Gasteiger partial charge in [0.2, 0.25) is 0 Å². The first kappa shape index (κ1) is 13.5. The van der Waals surface area contributed by atoms with Crippen LogP contribution in [-0.2, 0) is 6.54 Å². The molecule has 2 rings (SSSR count). The van der Waals surface area contributed by atoms with E-state index in [1.807, 2.05) is 5.38 Å². The number of rotatable bonds is 5. The summed E-state index contributed by atoms with van der Waals surface area (Å²) in [7, 11) is 0. The summed E-state index contributed by atoms with van der Waals surface area (Å²) in [5, 5.41) is 16.2. The lowest BCUT2D eigenvalue weighted by atomic mass is 10.1. The van der Waals surface area contributed by atoms with Gasteiger partial charge in [-0.25, -0.2) is 0 Å². The molecule has 6 heteroatoms. The highest BCUT2D eigenvalue weighted by molar-refractivity contribution is 7.13. The van der Waals surface area contributed by atoms with E-state index in [0.717, 1.165) is 25.2 Å². The van der Waals surface area contributed by atoms with Crippen LogP contribution < -0.4 is 5.32 Å². The highest BCUT2D eigenvalue weighted by atomic mass is 32.1. The maximum absolute atomic E-state index is 10.6. The molecular weight excluding hydrogens is 250 g/mol. The van der Waals surface area contributed by atoms with Crippen LogP contribution in [0.2, 0.25) is 0 Å². The predicted octanol–water partition coefficient (Wildman–Crippen LogP) is 2.23. The summed E-state index contributed by atoms with van der Waals surface area (Å²) in [5.74, 6) is 0. The Kier molecular flexibility index (Phi) is 4.68. The number of hydrogen-bond acceptors (Lipinski definition) is 5. The maximum atomic E-state index is 10.6. The maximum Gasteiger partial charge on any atom is 0.324 e. The van der Waals surface area contributed by atoms with E-state index in [4.69, 9.17) is 0 Å². The molecule has 1 aliphatic rings. The van der Waals surface area contributed by atoms with Gasteiger partial charge in [-0.05, 0) is 31.5 Å². The molecule has 1 aromatic rings. The van der Waals surface area contributed by atoms with Crippen molar-refractivity contribution in [2.45, 2.75) is 32.4 Å². The molecule has 0 aliphatic carbocycles. The second-order valence-electron chi connectivity index (χ2n) is 4.66.